The molecule has 1 N–H and O–H groups in total. The summed E-state index contributed by atoms with van der Waals surface area (Å²) in [5.41, 5.74) is 4.42. The quantitative estimate of drug-likeness (QED) is 0.224. The lowest BCUT2D eigenvalue weighted by atomic mass is 9.97. The van der Waals surface area contributed by atoms with Gasteiger partial charge in [0.1, 0.15) is 29.6 Å². The number of nitrogens with one attached hydrogen (secondary N) is 1. The van der Waals surface area contributed by atoms with Gasteiger partial charge in [-0.15, -0.1) is 5.10 Å². The first kappa shape index (κ1) is 29.2. The van der Waals surface area contributed by atoms with Gasteiger partial charge in [0.05, 0.1) is 25.4 Å². The highest BCUT2D eigenvalue weighted by molar-refractivity contribution is 5.99. The fourth-order valence-electron chi connectivity index (χ4n) is 4.90. The summed E-state index contributed by atoms with van der Waals surface area (Å²) in [5.74, 6) is 0.610. The van der Waals surface area contributed by atoms with Crippen LogP contribution in [0.25, 0.3) is 11.0 Å². The van der Waals surface area contributed by atoms with Gasteiger partial charge >= 0.3 is 0 Å². The summed E-state index contributed by atoms with van der Waals surface area (Å²) in [7, 11) is 3.08. The molecule has 220 valence electrons. The highest BCUT2D eigenvalue weighted by Crippen LogP contribution is 2.32. The smallest absolute Gasteiger partial charge is 0.251 e. The Morgan fingerprint density at radius 3 is 2.40 bits per heavy atom. The molecule has 2 aromatic heterocycles. The number of benzene rings is 3. The number of hydrogen-bond donors (Lipinski definition) is 1. The number of carbonyl (C=O) groups is 2. The van der Waals surface area contributed by atoms with Crippen LogP contribution in [0.4, 0.5) is 5.69 Å². The third kappa shape index (κ3) is 6.64. The minimum Gasteiger partial charge on any atom is -0.497 e. The molecule has 5 aromatic rings. The van der Waals surface area contributed by atoms with E-state index in [9.17, 15) is 9.59 Å². The summed E-state index contributed by atoms with van der Waals surface area (Å²) in [4.78, 5) is 34.3. The molecule has 1 unspecified atom stereocenters. The molecule has 0 saturated carbocycles. The van der Waals surface area contributed by atoms with Crippen molar-refractivity contribution in [3.8, 4) is 11.5 Å². The molecule has 0 bridgehead atoms. The molecule has 0 radical (unpaired) electrons. The number of hydrogen-bond acceptors (Lipinski definition) is 7. The van der Waals surface area contributed by atoms with Crippen LogP contribution < -0.4 is 14.8 Å². The Balaban J connectivity index is 1.57. The largest absolute Gasteiger partial charge is 0.497 e. The number of para-hydroxylation sites is 1. The number of anilines is 1. The average Bonchev–Trinajstić information content (AvgIpc) is 3.44. The van der Waals surface area contributed by atoms with E-state index in [1.807, 2.05) is 54.6 Å². The van der Waals surface area contributed by atoms with Crippen LogP contribution in [0.5, 0.6) is 11.5 Å². The van der Waals surface area contributed by atoms with Gasteiger partial charge in [0.15, 0.2) is 0 Å². The van der Waals surface area contributed by atoms with Crippen LogP contribution in [0.1, 0.15) is 42.5 Å². The van der Waals surface area contributed by atoms with Crippen LogP contribution in [0.3, 0.4) is 0 Å². The van der Waals surface area contributed by atoms with Crippen LogP contribution in [0.15, 0.2) is 91.3 Å². The number of ether oxygens (including phenoxy) is 2. The molecule has 2 amide bonds. The molecule has 1 atom stereocenters. The van der Waals surface area contributed by atoms with Crippen molar-refractivity contribution < 1.29 is 19.1 Å². The second-order valence-corrected chi connectivity index (χ2v) is 10.4. The summed E-state index contributed by atoms with van der Waals surface area (Å²) in [6.45, 7) is 4.25. The minimum absolute atomic E-state index is 0.111. The van der Waals surface area contributed by atoms with Gasteiger partial charge in [0.2, 0.25) is 5.91 Å². The van der Waals surface area contributed by atoms with Crippen LogP contribution in [0.2, 0.25) is 0 Å². The maximum Gasteiger partial charge on any atom is 0.251 e. The maximum absolute atomic E-state index is 14.3. The van der Waals surface area contributed by atoms with Crippen molar-refractivity contribution in [2.75, 3.05) is 19.5 Å². The zero-order valence-corrected chi connectivity index (χ0v) is 24.6. The number of amides is 2. The van der Waals surface area contributed by atoms with Gasteiger partial charge in [0.25, 0.3) is 5.91 Å². The second-order valence-electron chi connectivity index (χ2n) is 10.4. The van der Waals surface area contributed by atoms with Crippen molar-refractivity contribution in [3.63, 3.8) is 0 Å². The molecule has 43 heavy (non-hydrogen) atoms. The van der Waals surface area contributed by atoms with E-state index in [2.05, 4.69) is 34.5 Å². The van der Waals surface area contributed by atoms with Crippen molar-refractivity contribution >= 4 is 28.5 Å². The standard InChI is InChI=1S/C33H34N6O4/c1-22(2)24-11-13-25(14-12-24)32(33(41)35-28-16-15-26(42-3)18-30(28)43-4)38(20-23-8-7-17-34-19-23)31(40)21-39-29-10-6-5-9-27(29)36-37-39/h5-19,22,32H,20-21H2,1-4H3,(H,35,41). The Hall–Kier alpha value is -5.25. The number of carbonyl (C=O) groups excluding carboxylic acids is 2. The summed E-state index contributed by atoms with van der Waals surface area (Å²) in [6, 6.07) is 23.1. The van der Waals surface area contributed by atoms with Gasteiger partial charge in [0, 0.05) is 25.0 Å². The molecule has 0 spiro atoms. The predicted octanol–water partition coefficient (Wildman–Crippen LogP) is 5.38. The Bertz CT molecular complexity index is 1700. The minimum atomic E-state index is -0.990. The Labute approximate surface area is 250 Å². The van der Waals surface area contributed by atoms with Gasteiger partial charge in [-0.05, 0) is 52.9 Å². The van der Waals surface area contributed by atoms with Gasteiger partial charge < -0.3 is 19.7 Å². The number of fused-ring (bicyclic) bond motifs is 1. The van der Waals surface area contributed by atoms with E-state index in [-0.39, 0.29) is 19.0 Å². The Kier molecular flexibility index (Phi) is 8.95. The third-order valence-electron chi connectivity index (χ3n) is 7.25. The Morgan fingerprint density at radius 2 is 1.70 bits per heavy atom. The summed E-state index contributed by atoms with van der Waals surface area (Å²) < 4.78 is 12.4. The summed E-state index contributed by atoms with van der Waals surface area (Å²) in [5, 5.41) is 11.4. The number of methoxy groups -OCH3 is 2. The lowest BCUT2D eigenvalue weighted by Gasteiger charge is -2.32. The lowest BCUT2D eigenvalue weighted by Crippen LogP contribution is -2.42. The van der Waals surface area contributed by atoms with Crippen LogP contribution in [-0.4, -0.2) is 50.9 Å². The zero-order chi connectivity index (χ0) is 30.3. The van der Waals surface area contributed by atoms with E-state index in [0.29, 0.717) is 34.2 Å². The third-order valence-corrected chi connectivity index (χ3v) is 7.25. The van der Waals surface area contributed by atoms with Crippen molar-refractivity contribution in [3.05, 3.63) is 108 Å². The van der Waals surface area contributed by atoms with Crippen molar-refractivity contribution in [2.45, 2.75) is 38.9 Å². The average molecular weight is 579 g/mol. The molecule has 0 aliphatic rings. The van der Waals surface area contributed by atoms with Crippen LogP contribution in [0, 0.1) is 0 Å². The van der Waals surface area contributed by atoms with E-state index in [0.717, 1.165) is 16.6 Å². The lowest BCUT2D eigenvalue weighted by molar-refractivity contribution is -0.140. The second kappa shape index (κ2) is 13.2. The van der Waals surface area contributed by atoms with Gasteiger partial charge in [-0.3, -0.25) is 14.6 Å². The van der Waals surface area contributed by atoms with E-state index < -0.39 is 11.9 Å². The Morgan fingerprint density at radius 1 is 0.930 bits per heavy atom. The number of pyridine rings is 1. The van der Waals surface area contributed by atoms with E-state index in [4.69, 9.17) is 9.47 Å². The van der Waals surface area contributed by atoms with E-state index >= 15 is 0 Å². The molecule has 2 heterocycles. The molecule has 10 heteroatoms. The number of nitrogens with zero attached hydrogens (tertiary/aromatic N) is 5. The van der Waals surface area contributed by atoms with Crippen LogP contribution >= 0.6 is 0 Å². The molecule has 10 nitrogen and oxygen atoms in total. The number of aromatic nitrogens is 4. The molecular weight excluding hydrogens is 544 g/mol. The zero-order valence-electron chi connectivity index (χ0n) is 24.6. The first-order valence-corrected chi connectivity index (χ1v) is 14.0. The molecule has 5 rings (SSSR count). The van der Waals surface area contributed by atoms with Crippen LogP contribution in [-0.2, 0) is 22.7 Å². The van der Waals surface area contributed by atoms with E-state index in [1.165, 1.54) is 7.11 Å². The molecule has 0 aliphatic carbocycles. The topological polar surface area (TPSA) is 111 Å². The van der Waals surface area contributed by atoms with Gasteiger partial charge in [-0.25, -0.2) is 4.68 Å². The maximum atomic E-state index is 14.3. The van der Waals surface area contributed by atoms with Gasteiger partial charge in [-0.1, -0.05) is 61.5 Å². The monoisotopic (exact) mass is 578 g/mol. The molecular formula is C33H34N6O4. The summed E-state index contributed by atoms with van der Waals surface area (Å²) in [6.07, 6.45) is 3.36. The van der Waals surface area contributed by atoms with Gasteiger partial charge in [-0.2, -0.15) is 0 Å². The first-order valence-electron chi connectivity index (χ1n) is 14.0. The van der Waals surface area contributed by atoms with Crippen molar-refractivity contribution in [1.29, 1.82) is 0 Å². The predicted molar refractivity (Wildman–Crippen MR) is 164 cm³/mol. The van der Waals surface area contributed by atoms with E-state index in [1.54, 1.807) is 53.4 Å². The van der Waals surface area contributed by atoms with Crippen molar-refractivity contribution in [2.24, 2.45) is 0 Å². The molecule has 0 saturated heterocycles. The highest BCUT2D eigenvalue weighted by Gasteiger charge is 2.33. The molecule has 0 fully saturated rings. The molecule has 3 aromatic carbocycles. The summed E-state index contributed by atoms with van der Waals surface area (Å²) >= 11 is 0. The van der Waals surface area contributed by atoms with Crippen molar-refractivity contribution in [1.82, 2.24) is 24.9 Å². The SMILES string of the molecule is COc1ccc(NC(=O)C(c2ccc(C(C)C)cc2)N(Cc2cccnc2)C(=O)Cn2nnc3ccccc32)c(OC)c1. The first-order chi connectivity index (χ1) is 20.9. The fraction of sp³-hybridized carbons (Fsp3) is 0.242. The number of rotatable bonds is 11. The highest BCUT2D eigenvalue weighted by atomic mass is 16.5. The fourth-order valence-corrected chi connectivity index (χ4v) is 4.90. The normalized spacial score (nSPS) is 11.7. The molecule has 0 aliphatic heterocycles.